The third-order valence-electron chi connectivity index (χ3n) is 3.20. The van der Waals surface area contributed by atoms with Crippen molar-refractivity contribution < 1.29 is 9.53 Å². The highest BCUT2D eigenvalue weighted by molar-refractivity contribution is 5.94. The van der Waals surface area contributed by atoms with Crippen molar-refractivity contribution in [3.63, 3.8) is 0 Å². The van der Waals surface area contributed by atoms with E-state index in [1.54, 1.807) is 6.92 Å². The smallest absolute Gasteiger partial charge is 0.159 e. The molecule has 1 N–H and O–H groups in total. The van der Waals surface area contributed by atoms with E-state index in [0.717, 1.165) is 43.0 Å². The summed E-state index contributed by atoms with van der Waals surface area (Å²) in [5.41, 5.74) is 1.79. The number of hydrogen-bond acceptors (Lipinski definition) is 3. The molecule has 0 heterocycles. The van der Waals surface area contributed by atoms with Gasteiger partial charge in [0.15, 0.2) is 5.78 Å². The van der Waals surface area contributed by atoms with Gasteiger partial charge < -0.3 is 10.1 Å². The van der Waals surface area contributed by atoms with Gasteiger partial charge >= 0.3 is 0 Å². The molecular formula is C18H21NO2. The van der Waals surface area contributed by atoms with Crippen molar-refractivity contribution in [2.24, 2.45) is 0 Å². The third kappa shape index (κ3) is 5.30. The molecule has 3 heteroatoms. The number of carbonyl (C=O) groups excluding carboxylic acids is 1. The molecule has 0 saturated carbocycles. The Morgan fingerprint density at radius 3 is 2.38 bits per heavy atom. The van der Waals surface area contributed by atoms with Crippen molar-refractivity contribution in [1.29, 1.82) is 0 Å². The maximum Gasteiger partial charge on any atom is 0.159 e. The van der Waals surface area contributed by atoms with Crippen LogP contribution >= 0.6 is 0 Å². The van der Waals surface area contributed by atoms with E-state index in [4.69, 9.17) is 4.74 Å². The summed E-state index contributed by atoms with van der Waals surface area (Å²) in [6.45, 7) is 3.21. The molecule has 0 bridgehead atoms. The average Bonchev–Trinajstić information content (AvgIpc) is 2.52. The number of Topliss-reactive ketones (excluding diaryl/α,β-unsaturated/α-hetero) is 1. The Morgan fingerprint density at radius 1 is 1.00 bits per heavy atom. The van der Waals surface area contributed by atoms with Gasteiger partial charge in [0.25, 0.3) is 0 Å². The lowest BCUT2D eigenvalue weighted by atomic mass is 10.1. The zero-order valence-corrected chi connectivity index (χ0v) is 12.3. The molecule has 0 atom stereocenters. The summed E-state index contributed by atoms with van der Waals surface area (Å²) < 4.78 is 5.64. The van der Waals surface area contributed by atoms with Crippen LogP contribution in [0.3, 0.4) is 0 Å². The number of ketones is 1. The van der Waals surface area contributed by atoms with Gasteiger partial charge in [-0.3, -0.25) is 4.79 Å². The number of unbranched alkanes of at least 4 members (excludes halogenated alkanes) is 1. The minimum absolute atomic E-state index is 0.0969. The zero-order chi connectivity index (χ0) is 14.9. The van der Waals surface area contributed by atoms with Crippen molar-refractivity contribution in [3.05, 3.63) is 60.2 Å². The Labute approximate surface area is 126 Å². The highest BCUT2D eigenvalue weighted by atomic mass is 16.5. The standard InChI is InChI=1S/C18H21NO2/c1-15(20)16-9-11-17(12-10-16)19-13-5-6-14-21-18-7-3-2-4-8-18/h2-4,7-12,19H,5-6,13-14H2,1H3. The normalized spacial score (nSPS) is 10.1. The molecule has 0 aliphatic rings. The van der Waals surface area contributed by atoms with Gasteiger partial charge in [-0.15, -0.1) is 0 Å². The molecule has 0 aliphatic heterocycles. The summed E-state index contributed by atoms with van der Waals surface area (Å²) in [6.07, 6.45) is 2.05. The first-order chi connectivity index (χ1) is 10.3. The van der Waals surface area contributed by atoms with Gasteiger partial charge in [-0.2, -0.15) is 0 Å². The van der Waals surface area contributed by atoms with E-state index >= 15 is 0 Å². The number of benzene rings is 2. The van der Waals surface area contributed by atoms with Crippen LogP contribution in [-0.4, -0.2) is 18.9 Å². The summed E-state index contributed by atoms with van der Waals surface area (Å²) in [7, 11) is 0. The van der Waals surface area contributed by atoms with Crippen LogP contribution in [0.5, 0.6) is 5.75 Å². The van der Waals surface area contributed by atoms with Gasteiger partial charge in [0, 0.05) is 17.8 Å². The van der Waals surface area contributed by atoms with Crippen molar-refractivity contribution >= 4 is 11.5 Å². The molecule has 0 spiro atoms. The third-order valence-corrected chi connectivity index (χ3v) is 3.20. The van der Waals surface area contributed by atoms with E-state index in [-0.39, 0.29) is 5.78 Å². The van der Waals surface area contributed by atoms with E-state index < -0.39 is 0 Å². The van der Waals surface area contributed by atoms with Crippen molar-refractivity contribution in [2.75, 3.05) is 18.5 Å². The lowest BCUT2D eigenvalue weighted by molar-refractivity contribution is 0.101. The summed E-state index contributed by atoms with van der Waals surface area (Å²) in [5.74, 6) is 1.02. The van der Waals surface area contributed by atoms with Crippen LogP contribution < -0.4 is 10.1 Å². The predicted molar refractivity (Wildman–Crippen MR) is 86.1 cm³/mol. The van der Waals surface area contributed by atoms with Crippen molar-refractivity contribution in [2.45, 2.75) is 19.8 Å². The first-order valence-corrected chi connectivity index (χ1v) is 7.28. The predicted octanol–water partition coefficient (Wildman–Crippen LogP) is 4.16. The van der Waals surface area contributed by atoms with Crippen molar-refractivity contribution in [3.8, 4) is 5.75 Å². The Kier molecular flexibility index (Phi) is 5.83. The lowest BCUT2D eigenvalue weighted by Crippen LogP contribution is -2.05. The topological polar surface area (TPSA) is 38.3 Å². The monoisotopic (exact) mass is 283 g/mol. The molecule has 0 radical (unpaired) electrons. The highest BCUT2D eigenvalue weighted by Gasteiger charge is 1.98. The SMILES string of the molecule is CC(=O)c1ccc(NCCCCOc2ccccc2)cc1. The Bertz CT molecular complexity index is 549. The molecule has 2 aromatic rings. The molecule has 0 aromatic heterocycles. The van der Waals surface area contributed by atoms with Gasteiger partial charge in [0.1, 0.15) is 5.75 Å². The fourth-order valence-electron chi connectivity index (χ4n) is 1.99. The van der Waals surface area contributed by atoms with E-state index in [2.05, 4.69) is 5.32 Å². The maximum atomic E-state index is 11.2. The number of rotatable bonds is 8. The average molecular weight is 283 g/mol. The zero-order valence-electron chi connectivity index (χ0n) is 12.3. The van der Waals surface area contributed by atoms with Crippen LogP contribution in [0.4, 0.5) is 5.69 Å². The van der Waals surface area contributed by atoms with Crippen LogP contribution in [0.25, 0.3) is 0 Å². The van der Waals surface area contributed by atoms with Crippen LogP contribution in [0.1, 0.15) is 30.1 Å². The van der Waals surface area contributed by atoms with E-state index in [9.17, 15) is 4.79 Å². The maximum absolute atomic E-state index is 11.2. The van der Waals surface area contributed by atoms with Crippen LogP contribution in [0.15, 0.2) is 54.6 Å². The Hall–Kier alpha value is -2.29. The van der Waals surface area contributed by atoms with Crippen LogP contribution in [0.2, 0.25) is 0 Å². The molecule has 21 heavy (non-hydrogen) atoms. The van der Waals surface area contributed by atoms with Gasteiger partial charge in [0.2, 0.25) is 0 Å². The fourth-order valence-corrected chi connectivity index (χ4v) is 1.99. The first kappa shape index (κ1) is 15.1. The van der Waals surface area contributed by atoms with E-state index in [0.29, 0.717) is 0 Å². The molecule has 3 nitrogen and oxygen atoms in total. The molecule has 0 saturated heterocycles. The number of anilines is 1. The summed E-state index contributed by atoms with van der Waals surface area (Å²) in [6, 6.07) is 17.4. The lowest BCUT2D eigenvalue weighted by Gasteiger charge is -2.08. The first-order valence-electron chi connectivity index (χ1n) is 7.28. The fraction of sp³-hybridized carbons (Fsp3) is 0.278. The van der Waals surface area contributed by atoms with Crippen LogP contribution in [-0.2, 0) is 0 Å². The molecule has 0 aliphatic carbocycles. The largest absolute Gasteiger partial charge is 0.494 e. The number of nitrogens with one attached hydrogen (secondary N) is 1. The second-order valence-electron chi connectivity index (χ2n) is 4.93. The van der Waals surface area contributed by atoms with Gasteiger partial charge in [-0.25, -0.2) is 0 Å². The highest BCUT2D eigenvalue weighted by Crippen LogP contribution is 2.11. The van der Waals surface area contributed by atoms with Crippen LogP contribution in [0, 0.1) is 0 Å². The molecule has 0 fully saturated rings. The van der Waals surface area contributed by atoms with Gasteiger partial charge in [0.05, 0.1) is 6.61 Å². The summed E-state index contributed by atoms with van der Waals surface area (Å²) in [5, 5.41) is 3.34. The number of para-hydroxylation sites is 1. The molecule has 110 valence electrons. The van der Waals surface area contributed by atoms with E-state index in [1.807, 2.05) is 54.6 Å². The summed E-state index contributed by atoms with van der Waals surface area (Å²) >= 11 is 0. The minimum Gasteiger partial charge on any atom is -0.494 e. The quantitative estimate of drug-likeness (QED) is 0.584. The molecule has 2 rings (SSSR count). The summed E-state index contributed by atoms with van der Waals surface area (Å²) in [4.78, 5) is 11.2. The Balaban J connectivity index is 1.60. The number of hydrogen-bond donors (Lipinski definition) is 1. The number of carbonyl (C=O) groups is 1. The second kappa shape index (κ2) is 8.10. The minimum atomic E-state index is 0.0969. The molecule has 2 aromatic carbocycles. The Morgan fingerprint density at radius 2 is 1.71 bits per heavy atom. The molecular weight excluding hydrogens is 262 g/mol. The number of ether oxygens (including phenoxy) is 1. The molecule has 0 amide bonds. The van der Waals surface area contributed by atoms with Crippen molar-refractivity contribution in [1.82, 2.24) is 0 Å². The second-order valence-corrected chi connectivity index (χ2v) is 4.93. The van der Waals surface area contributed by atoms with E-state index in [1.165, 1.54) is 0 Å². The molecule has 0 unspecified atom stereocenters. The van der Waals surface area contributed by atoms with Gasteiger partial charge in [-0.1, -0.05) is 18.2 Å². The van der Waals surface area contributed by atoms with Gasteiger partial charge in [-0.05, 0) is 56.2 Å².